The summed E-state index contributed by atoms with van der Waals surface area (Å²) in [7, 11) is 0. The second-order valence-corrected chi connectivity index (χ2v) is 4.81. The minimum absolute atomic E-state index is 0.0845. The number of hydrogen-bond acceptors (Lipinski definition) is 2. The van der Waals surface area contributed by atoms with Crippen molar-refractivity contribution >= 4 is 40.2 Å². The Labute approximate surface area is 97.6 Å². The number of anilines is 1. The predicted molar refractivity (Wildman–Crippen MR) is 66.0 cm³/mol. The van der Waals surface area contributed by atoms with Gasteiger partial charge in [-0.05, 0) is 37.6 Å². The highest BCUT2D eigenvalue weighted by Crippen LogP contribution is 2.20. The summed E-state index contributed by atoms with van der Waals surface area (Å²) < 4.78 is 1.01. The second-order valence-electron chi connectivity index (χ2n) is 3.12. The topological polar surface area (TPSA) is 29.1 Å². The van der Waals surface area contributed by atoms with Crippen LogP contribution in [-0.2, 0) is 4.79 Å². The van der Waals surface area contributed by atoms with Gasteiger partial charge in [-0.15, -0.1) is 0 Å². The molecule has 1 rings (SSSR count). The van der Waals surface area contributed by atoms with Crippen LogP contribution in [0.2, 0.25) is 0 Å². The van der Waals surface area contributed by atoms with Gasteiger partial charge in [-0.3, -0.25) is 4.79 Å². The van der Waals surface area contributed by atoms with Crippen LogP contribution in [0.4, 0.5) is 5.69 Å². The van der Waals surface area contributed by atoms with Gasteiger partial charge in [0, 0.05) is 10.2 Å². The molecule has 0 bridgehead atoms. The van der Waals surface area contributed by atoms with Crippen molar-refractivity contribution in [1.82, 2.24) is 0 Å². The summed E-state index contributed by atoms with van der Waals surface area (Å²) in [5.74, 6) is -0.0845. The number of nitrogens with one attached hydrogen (secondary N) is 1. The summed E-state index contributed by atoms with van der Waals surface area (Å²) in [5.41, 5.74) is 1.86. The lowest BCUT2D eigenvalue weighted by atomic mass is 10.2. The van der Waals surface area contributed by atoms with Gasteiger partial charge in [0.15, 0.2) is 0 Å². The Kier molecular flexibility index (Phi) is 4.01. The molecule has 1 aromatic carbocycles. The Morgan fingerprint density at radius 2 is 2.21 bits per heavy atom. The Bertz CT molecular complexity index is 352. The fourth-order valence-electron chi connectivity index (χ4n) is 1.00. The van der Waals surface area contributed by atoms with Crippen LogP contribution < -0.4 is 5.32 Å². The van der Waals surface area contributed by atoms with Gasteiger partial charge in [0.25, 0.3) is 0 Å². The average Bonchev–Trinajstić information content (AvgIpc) is 2.09. The standard InChI is InChI=1S/C10H12BrNOS/c1-6-5-8(11)3-4-9(6)12-10(13)7(2)14/h3-5,7,14H,1-2H3,(H,12,13). The van der Waals surface area contributed by atoms with Gasteiger partial charge >= 0.3 is 0 Å². The fourth-order valence-corrected chi connectivity index (χ4v) is 1.54. The van der Waals surface area contributed by atoms with E-state index in [-0.39, 0.29) is 11.2 Å². The number of halogens is 1. The molecule has 0 spiro atoms. The SMILES string of the molecule is Cc1cc(Br)ccc1NC(=O)C(C)S. The minimum atomic E-state index is -0.293. The third-order valence-electron chi connectivity index (χ3n) is 1.83. The Hall–Kier alpha value is -0.480. The fraction of sp³-hybridized carbons (Fsp3) is 0.300. The van der Waals surface area contributed by atoms with Crippen molar-refractivity contribution in [3.63, 3.8) is 0 Å². The van der Waals surface area contributed by atoms with Gasteiger partial charge in [-0.25, -0.2) is 0 Å². The van der Waals surface area contributed by atoms with Crippen molar-refractivity contribution in [2.75, 3.05) is 5.32 Å². The van der Waals surface area contributed by atoms with Crippen molar-refractivity contribution in [3.05, 3.63) is 28.2 Å². The van der Waals surface area contributed by atoms with E-state index < -0.39 is 0 Å². The molecule has 1 aromatic rings. The van der Waals surface area contributed by atoms with Crippen molar-refractivity contribution in [2.45, 2.75) is 19.1 Å². The third kappa shape index (κ3) is 3.03. The quantitative estimate of drug-likeness (QED) is 0.797. The highest BCUT2D eigenvalue weighted by Gasteiger charge is 2.08. The predicted octanol–water partition coefficient (Wildman–Crippen LogP) is 3.01. The average molecular weight is 274 g/mol. The number of amides is 1. The van der Waals surface area contributed by atoms with Crippen LogP contribution in [0.5, 0.6) is 0 Å². The van der Waals surface area contributed by atoms with E-state index >= 15 is 0 Å². The van der Waals surface area contributed by atoms with Gasteiger partial charge in [0.1, 0.15) is 0 Å². The second kappa shape index (κ2) is 4.84. The van der Waals surface area contributed by atoms with E-state index in [9.17, 15) is 4.79 Å². The van der Waals surface area contributed by atoms with E-state index in [1.54, 1.807) is 6.92 Å². The maximum absolute atomic E-state index is 11.4. The lowest BCUT2D eigenvalue weighted by Gasteiger charge is -2.09. The van der Waals surface area contributed by atoms with Gasteiger partial charge in [0.2, 0.25) is 5.91 Å². The zero-order valence-electron chi connectivity index (χ0n) is 8.04. The summed E-state index contributed by atoms with van der Waals surface area (Å²) in [6, 6.07) is 5.72. The van der Waals surface area contributed by atoms with E-state index in [4.69, 9.17) is 0 Å². The van der Waals surface area contributed by atoms with Gasteiger partial charge < -0.3 is 5.32 Å². The van der Waals surface area contributed by atoms with E-state index in [0.717, 1.165) is 15.7 Å². The van der Waals surface area contributed by atoms with Crippen LogP contribution in [0.1, 0.15) is 12.5 Å². The van der Waals surface area contributed by atoms with Gasteiger partial charge in [-0.1, -0.05) is 15.9 Å². The Balaban J connectivity index is 2.82. The molecule has 1 atom stereocenters. The number of hydrogen-bond donors (Lipinski definition) is 2. The van der Waals surface area contributed by atoms with Crippen LogP contribution in [0.3, 0.4) is 0 Å². The number of benzene rings is 1. The number of thiol groups is 1. The lowest BCUT2D eigenvalue weighted by Crippen LogP contribution is -2.20. The number of carbonyl (C=O) groups is 1. The minimum Gasteiger partial charge on any atom is -0.325 e. The molecule has 0 aliphatic rings. The van der Waals surface area contributed by atoms with Crippen molar-refractivity contribution in [2.24, 2.45) is 0 Å². The first kappa shape index (κ1) is 11.6. The molecule has 0 saturated carbocycles. The summed E-state index contributed by atoms with van der Waals surface area (Å²) in [5, 5.41) is 2.51. The molecule has 0 fully saturated rings. The van der Waals surface area contributed by atoms with Crippen LogP contribution in [0.25, 0.3) is 0 Å². The van der Waals surface area contributed by atoms with E-state index in [0.29, 0.717) is 0 Å². The van der Waals surface area contributed by atoms with Crippen LogP contribution in [-0.4, -0.2) is 11.2 Å². The number of rotatable bonds is 2. The number of aryl methyl sites for hydroxylation is 1. The zero-order chi connectivity index (χ0) is 10.7. The van der Waals surface area contributed by atoms with E-state index in [1.807, 2.05) is 25.1 Å². The van der Waals surface area contributed by atoms with Crippen LogP contribution in [0.15, 0.2) is 22.7 Å². The monoisotopic (exact) mass is 273 g/mol. The molecular formula is C10H12BrNOS. The first-order chi connectivity index (χ1) is 6.50. The Morgan fingerprint density at radius 3 is 2.71 bits per heavy atom. The molecule has 0 aliphatic heterocycles. The molecule has 1 amide bonds. The highest BCUT2D eigenvalue weighted by molar-refractivity contribution is 9.10. The highest BCUT2D eigenvalue weighted by atomic mass is 79.9. The maximum atomic E-state index is 11.4. The zero-order valence-corrected chi connectivity index (χ0v) is 10.5. The molecule has 0 aromatic heterocycles. The third-order valence-corrected chi connectivity index (χ3v) is 2.55. The molecule has 0 radical (unpaired) electrons. The van der Waals surface area contributed by atoms with Crippen molar-refractivity contribution in [1.29, 1.82) is 0 Å². The van der Waals surface area contributed by atoms with E-state index in [2.05, 4.69) is 33.9 Å². The molecule has 1 unspecified atom stereocenters. The molecule has 0 heterocycles. The first-order valence-electron chi connectivity index (χ1n) is 4.26. The molecule has 1 N–H and O–H groups in total. The van der Waals surface area contributed by atoms with Crippen molar-refractivity contribution < 1.29 is 4.79 Å². The smallest absolute Gasteiger partial charge is 0.236 e. The molecule has 4 heteroatoms. The van der Waals surface area contributed by atoms with Crippen LogP contribution in [0, 0.1) is 6.92 Å². The summed E-state index contributed by atoms with van der Waals surface area (Å²) in [6.45, 7) is 3.69. The Morgan fingerprint density at radius 1 is 1.57 bits per heavy atom. The molecular weight excluding hydrogens is 262 g/mol. The molecule has 2 nitrogen and oxygen atoms in total. The molecule has 76 valence electrons. The summed E-state index contributed by atoms with van der Waals surface area (Å²) >= 11 is 7.42. The first-order valence-corrected chi connectivity index (χ1v) is 5.56. The largest absolute Gasteiger partial charge is 0.325 e. The number of carbonyl (C=O) groups excluding carboxylic acids is 1. The molecule has 14 heavy (non-hydrogen) atoms. The normalized spacial score (nSPS) is 12.3. The van der Waals surface area contributed by atoms with Crippen molar-refractivity contribution in [3.8, 4) is 0 Å². The molecule has 0 saturated heterocycles. The van der Waals surface area contributed by atoms with E-state index in [1.165, 1.54) is 0 Å². The lowest BCUT2D eigenvalue weighted by molar-refractivity contribution is -0.115. The van der Waals surface area contributed by atoms with Crippen LogP contribution >= 0.6 is 28.6 Å². The van der Waals surface area contributed by atoms with Gasteiger partial charge in [-0.2, -0.15) is 12.6 Å². The van der Waals surface area contributed by atoms with Gasteiger partial charge in [0.05, 0.1) is 5.25 Å². The maximum Gasteiger partial charge on any atom is 0.236 e. The summed E-state index contributed by atoms with van der Waals surface area (Å²) in [4.78, 5) is 11.4. The summed E-state index contributed by atoms with van der Waals surface area (Å²) in [6.07, 6.45) is 0. The molecule has 0 aliphatic carbocycles.